The molecule has 0 amide bonds. The second-order valence-electron chi connectivity index (χ2n) is 6.24. The zero-order valence-corrected chi connectivity index (χ0v) is 11.6. The summed E-state index contributed by atoms with van der Waals surface area (Å²) >= 11 is 0. The molecule has 1 aromatic carbocycles. The van der Waals surface area contributed by atoms with Crippen molar-refractivity contribution in [3.63, 3.8) is 0 Å². The van der Waals surface area contributed by atoms with Crippen molar-refractivity contribution in [1.82, 2.24) is 10.3 Å². The average molecular weight is 264 g/mol. The number of aromatic nitrogens is 1. The Balaban J connectivity index is 1.66. The first kappa shape index (κ1) is 12.1. The van der Waals surface area contributed by atoms with Gasteiger partial charge in [-0.15, -0.1) is 0 Å². The van der Waals surface area contributed by atoms with E-state index in [2.05, 4.69) is 52.9 Å². The summed E-state index contributed by atoms with van der Waals surface area (Å²) in [4.78, 5) is 4.50. The molecule has 102 valence electrons. The number of nitrogens with zero attached hydrogens (tertiary/aromatic N) is 1. The fourth-order valence-corrected chi connectivity index (χ4v) is 3.96. The second-order valence-corrected chi connectivity index (χ2v) is 6.24. The van der Waals surface area contributed by atoms with Gasteiger partial charge in [-0.25, -0.2) is 0 Å². The molecule has 2 heteroatoms. The molecule has 2 fully saturated rings. The summed E-state index contributed by atoms with van der Waals surface area (Å²) in [5.74, 6) is 2.38. The van der Waals surface area contributed by atoms with Crippen LogP contribution in [0.5, 0.6) is 0 Å². The van der Waals surface area contributed by atoms with Crippen LogP contribution in [0.1, 0.15) is 24.3 Å². The fourth-order valence-electron chi connectivity index (χ4n) is 3.96. The molecule has 2 aliphatic rings. The van der Waals surface area contributed by atoms with Gasteiger partial charge in [0.2, 0.25) is 0 Å². The van der Waals surface area contributed by atoms with Gasteiger partial charge in [-0.2, -0.15) is 0 Å². The molecular formula is C18H20N2. The molecule has 1 N–H and O–H groups in total. The van der Waals surface area contributed by atoms with Crippen LogP contribution in [0.25, 0.3) is 11.1 Å². The van der Waals surface area contributed by atoms with E-state index in [4.69, 9.17) is 0 Å². The van der Waals surface area contributed by atoms with Gasteiger partial charge in [0.1, 0.15) is 0 Å². The molecule has 1 aliphatic heterocycles. The Hall–Kier alpha value is -1.67. The van der Waals surface area contributed by atoms with Crippen LogP contribution in [0.2, 0.25) is 0 Å². The highest BCUT2D eigenvalue weighted by Gasteiger charge is 2.37. The van der Waals surface area contributed by atoms with Crippen molar-refractivity contribution in [2.45, 2.75) is 18.8 Å². The Morgan fingerprint density at radius 3 is 2.70 bits per heavy atom. The highest BCUT2D eigenvalue weighted by molar-refractivity contribution is 5.63. The number of pyridine rings is 1. The van der Waals surface area contributed by atoms with E-state index in [0.717, 1.165) is 11.8 Å². The maximum Gasteiger partial charge on any atom is 0.0346 e. The number of nitrogens with one attached hydrogen (secondary N) is 1. The van der Waals surface area contributed by atoms with E-state index in [0.29, 0.717) is 5.92 Å². The van der Waals surface area contributed by atoms with Crippen molar-refractivity contribution in [2.24, 2.45) is 11.8 Å². The Kier molecular flexibility index (Phi) is 3.04. The van der Waals surface area contributed by atoms with Gasteiger partial charge < -0.3 is 5.32 Å². The summed E-state index contributed by atoms with van der Waals surface area (Å²) in [6.45, 7) is 2.38. The van der Waals surface area contributed by atoms with E-state index >= 15 is 0 Å². The third-order valence-electron chi connectivity index (χ3n) is 4.93. The molecular weight excluding hydrogens is 244 g/mol. The molecule has 20 heavy (non-hydrogen) atoms. The zero-order chi connectivity index (χ0) is 13.4. The van der Waals surface area contributed by atoms with Crippen LogP contribution in [0.3, 0.4) is 0 Å². The lowest BCUT2D eigenvalue weighted by molar-refractivity contribution is 0.370. The Labute approximate surface area is 120 Å². The molecule has 0 spiro atoms. The van der Waals surface area contributed by atoms with Gasteiger partial charge in [0.25, 0.3) is 0 Å². The van der Waals surface area contributed by atoms with Crippen molar-refractivity contribution in [3.8, 4) is 11.1 Å². The van der Waals surface area contributed by atoms with Gasteiger partial charge in [-0.05, 0) is 60.9 Å². The highest BCUT2D eigenvalue weighted by Crippen LogP contribution is 2.44. The summed E-state index contributed by atoms with van der Waals surface area (Å²) in [6, 6.07) is 12.9. The van der Waals surface area contributed by atoms with Crippen LogP contribution in [-0.4, -0.2) is 18.1 Å². The Morgan fingerprint density at radius 2 is 1.85 bits per heavy atom. The molecule has 2 heterocycles. The SMILES string of the molecule is c1ccc(-c2cncc(C3CC4CNCC3C4)c2)cc1. The Bertz CT molecular complexity index is 593. The lowest BCUT2D eigenvalue weighted by atomic mass is 9.88. The van der Waals surface area contributed by atoms with Crippen LogP contribution in [0.15, 0.2) is 48.8 Å². The van der Waals surface area contributed by atoms with Gasteiger partial charge >= 0.3 is 0 Å². The van der Waals surface area contributed by atoms with Crippen LogP contribution in [-0.2, 0) is 0 Å². The quantitative estimate of drug-likeness (QED) is 0.898. The summed E-state index contributed by atoms with van der Waals surface area (Å²) in [5.41, 5.74) is 3.95. The normalized spacial score (nSPS) is 28.5. The monoisotopic (exact) mass is 264 g/mol. The molecule has 1 aliphatic carbocycles. The first-order valence-corrected chi connectivity index (χ1v) is 7.61. The van der Waals surface area contributed by atoms with Gasteiger partial charge in [0.15, 0.2) is 0 Å². The molecule has 2 nitrogen and oxygen atoms in total. The molecule has 0 radical (unpaired) electrons. The molecule has 1 aromatic heterocycles. The summed E-state index contributed by atoms with van der Waals surface area (Å²) in [5, 5.41) is 3.57. The lowest BCUT2D eigenvalue weighted by Crippen LogP contribution is -2.31. The lowest BCUT2D eigenvalue weighted by Gasteiger charge is -2.22. The average Bonchev–Trinajstić information content (AvgIpc) is 2.82. The third kappa shape index (κ3) is 2.14. The number of hydrogen-bond donors (Lipinski definition) is 1. The maximum atomic E-state index is 4.50. The van der Waals surface area contributed by atoms with Crippen molar-refractivity contribution < 1.29 is 0 Å². The smallest absolute Gasteiger partial charge is 0.0346 e. The third-order valence-corrected chi connectivity index (χ3v) is 4.93. The highest BCUT2D eigenvalue weighted by atomic mass is 14.9. The van der Waals surface area contributed by atoms with E-state index in [1.807, 2.05) is 6.20 Å². The molecule has 4 rings (SSSR count). The standard InChI is InChI=1S/C18H20N2/c1-2-4-14(5-3-1)15-8-17(12-20-10-15)18-7-13-6-16(18)11-19-9-13/h1-5,8,10,12-13,16,18-19H,6-7,9,11H2. The number of benzene rings is 1. The minimum atomic E-state index is 0.700. The van der Waals surface area contributed by atoms with E-state index < -0.39 is 0 Å². The Morgan fingerprint density at radius 1 is 0.950 bits per heavy atom. The molecule has 2 aromatic rings. The van der Waals surface area contributed by atoms with Crippen molar-refractivity contribution >= 4 is 0 Å². The predicted molar refractivity (Wildman–Crippen MR) is 81.5 cm³/mol. The largest absolute Gasteiger partial charge is 0.316 e. The minimum absolute atomic E-state index is 0.700. The fraction of sp³-hybridized carbons (Fsp3) is 0.389. The summed E-state index contributed by atoms with van der Waals surface area (Å²) < 4.78 is 0. The number of rotatable bonds is 2. The van der Waals surface area contributed by atoms with E-state index in [-0.39, 0.29) is 0 Å². The van der Waals surface area contributed by atoms with Crippen molar-refractivity contribution in [2.75, 3.05) is 13.1 Å². The summed E-state index contributed by atoms with van der Waals surface area (Å²) in [7, 11) is 0. The maximum absolute atomic E-state index is 4.50. The van der Waals surface area contributed by atoms with Crippen LogP contribution in [0.4, 0.5) is 0 Å². The molecule has 3 unspecified atom stereocenters. The summed E-state index contributed by atoms with van der Waals surface area (Å²) in [6.07, 6.45) is 6.79. The van der Waals surface area contributed by atoms with E-state index in [1.165, 1.54) is 42.6 Å². The molecule has 2 bridgehead atoms. The van der Waals surface area contributed by atoms with Gasteiger partial charge in [0, 0.05) is 18.0 Å². The first-order valence-electron chi connectivity index (χ1n) is 7.61. The van der Waals surface area contributed by atoms with Crippen LogP contribution in [0, 0.1) is 11.8 Å². The molecule has 1 saturated heterocycles. The van der Waals surface area contributed by atoms with Crippen molar-refractivity contribution in [3.05, 3.63) is 54.4 Å². The number of fused-ring (bicyclic) bond motifs is 2. The first-order chi connectivity index (χ1) is 9.90. The second kappa shape index (κ2) is 5.02. The molecule has 3 atom stereocenters. The van der Waals surface area contributed by atoms with E-state index in [9.17, 15) is 0 Å². The van der Waals surface area contributed by atoms with Gasteiger partial charge in [0.05, 0.1) is 0 Å². The zero-order valence-electron chi connectivity index (χ0n) is 11.6. The van der Waals surface area contributed by atoms with Gasteiger partial charge in [-0.1, -0.05) is 30.3 Å². The number of piperidine rings is 1. The predicted octanol–water partition coefficient (Wildman–Crippen LogP) is 3.46. The topological polar surface area (TPSA) is 24.9 Å². The number of hydrogen-bond acceptors (Lipinski definition) is 2. The molecule has 1 saturated carbocycles. The van der Waals surface area contributed by atoms with Crippen LogP contribution < -0.4 is 5.32 Å². The van der Waals surface area contributed by atoms with Crippen LogP contribution >= 0.6 is 0 Å². The van der Waals surface area contributed by atoms with Gasteiger partial charge in [-0.3, -0.25) is 4.98 Å². The van der Waals surface area contributed by atoms with E-state index in [1.54, 1.807) is 0 Å². The van der Waals surface area contributed by atoms with Crippen molar-refractivity contribution in [1.29, 1.82) is 0 Å². The minimum Gasteiger partial charge on any atom is -0.316 e.